The third-order valence-corrected chi connectivity index (χ3v) is 9.64. The maximum Gasteiger partial charge on any atom is 0.241 e. The summed E-state index contributed by atoms with van der Waals surface area (Å²) in [4.78, 5) is 20.7. The Morgan fingerprint density at radius 3 is 2.40 bits per heavy atom. The number of imidazole rings is 1. The van der Waals surface area contributed by atoms with Gasteiger partial charge in [-0.1, -0.05) is 61.5 Å². The van der Waals surface area contributed by atoms with Gasteiger partial charge in [-0.3, -0.25) is 4.79 Å². The first-order chi connectivity index (χ1) is 20.1. The number of aromatic nitrogens is 2. The Morgan fingerprint density at radius 1 is 1.02 bits per heavy atom. The van der Waals surface area contributed by atoms with Gasteiger partial charge in [-0.15, -0.1) is 0 Å². The van der Waals surface area contributed by atoms with Gasteiger partial charge in [0.2, 0.25) is 15.9 Å². The third kappa shape index (κ3) is 6.50. The van der Waals surface area contributed by atoms with E-state index in [1.54, 1.807) is 30.3 Å². The minimum atomic E-state index is -3.70. The lowest BCUT2D eigenvalue weighted by Gasteiger charge is -2.30. The number of hydrogen-bond acceptors (Lipinski definition) is 4. The van der Waals surface area contributed by atoms with Gasteiger partial charge in [-0.25, -0.2) is 18.1 Å². The third-order valence-electron chi connectivity index (χ3n) is 8.15. The van der Waals surface area contributed by atoms with E-state index < -0.39 is 10.0 Å². The van der Waals surface area contributed by atoms with Crippen LogP contribution in [0.4, 0.5) is 5.69 Å². The van der Waals surface area contributed by atoms with Gasteiger partial charge >= 0.3 is 0 Å². The average Bonchev–Trinajstić information content (AvgIpc) is 3.36. The maximum atomic E-state index is 14.1. The minimum Gasteiger partial charge on any atom is -0.328 e. The molecule has 4 aromatic rings. The summed E-state index contributed by atoms with van der Waals surface area (Å²) < 4.78 is 31.6. The van der Waals surface area contributed by atoms with Crippen LogP contribution in [0.25, 0.3) is 0 Å². The zero-order chi connectivity index (χ0) is 29.9. The normalized spacial score (nSPS) is 15.8. The van der Waals surface area contributed by atoms with Crippen LogP contribution in [0.3, 0.4) is 0 Å². The molecule has 42 heavy (non-hydrogen) atoms. The minimum absolute atomic E-state index is 0.0117. The van der Waals surface area contributed by atoms with Crippen molar-refractivity contribution < 1.29 is 13.2 Å². The molecule has 1 N–H and O–H groups in total. The number of nitrogens with one attached hydrogen (secondary N) is 1. The Kier molecular flexibility index (Phi) is 8.94. The standard InChI is InChI=1S/C34H40N4O3S/c1-24(2)38-26(4)35-22-30(38)23-37(34(39)20-25(3)27-12-7-5-8-13-27)29-19-18-28-14-11-17-33(32(28)21-29)36-42(40,41)31-15-9-6-10-16-31/h5-10,12-13,15-16,18-19,21-22,24-25,33,36H,11,14,17,20,23H2,1-4H3/t25-,33+/m1/s1. The van der Waals surface area contributed by atoms with E-state index in [2.05, 4.69) is 53.2 Å². The fraction of sp³-hybridized carbons (Fsp3) is 0.353. The molecule has 220 valence electrons. The highest BCUT2D eigenvalue weighted by molar-refractivity contribution is 7.89. The number of sulfonamides is 1. The molecule has 8 heteroatoms. The number of carbonyl (C=O) groups is 1. The van der Waals surface area contributed by atoms with E-state index in [0.717, 1.165) is 46.7 Å². The second-order valence-corrected chi connectivity index (χ2v) is 13.2. The van der Waals surface area contributed by atoms with E-state index in [1.807, 2.05) is 48.4 Å². The van der Waals surface area contributed by atoms with Crippen molar-refractivity contribution in [1.29, 1.82) is 0 Å². The van der Waals surface area contributed by atoms with E-state index in [4.69, 9.17) is 0 Å². The Morgan fingerprint density at radius 2 is 1.71 bits per heavy atom. The first kappa shape index (κ1) is 29.7. The van der Waals surface area contributed by atoms with Crippen molar-refractivity contribution in [1.82, 2.24) is 14.3 Å². The van der Waals surface area contributed by atoms with Crippen LogP contribution < -0.4 is 9.62 Å². The molecular weight excluding hydrogens is 544 g/mol. The molecule has 0 unspecified atom stereocenters. The van der Waals surface area contributed by atoms with Crippen LogP contribution >= 0.6 is 0 Å². The first-order valence-corrected chi connectivity index (χ1v) is 16.2. The van der Waals surface area contributed by atoms with Crippen molar-refractivity contribution in [3.05, 3.63) is 113 Å². The van der Waals surface area contributed by atoms with Crippen molar-refractivity contribution in [2.45, 2.75) is 82.8 Å². The van der Waals surface area contributed by atoms with Crippen molar-refractivity contribution in [2.75, 3.05) is 4.90 Å². The van der Waals surface area contributed by atoms with E-state index in [1.165, 1.54) is 0 Å². The number of aryl methyl sites for hydroxylation is 2. The predicted octanol–water partition coefficient (Wildman–Crippen LogP) is 6.86. The van der Waals surface area contributed by atoms with E-state index in [9.17, 15) is 13.2 Å². The summed E-state index contributed by atoms with van der Waals surface area (Å²) in [6.45, 7) is 8.66. The molecule has 1 aliphatic carbocycles. The van der Waals surface area contributed by atoms with Gasteiger partial charge in [0, 0.05) is 24.2 Å². The quantitative estimate of drug-likeness (QED) is 0.221. The lowest BCUT2D eigenvalue weighted by atomic mass is 9.87. The van der Waals surface area contributed by atoms with Crippen LogP contribution in [0.1, 0.15) is 86.2 Å². The van der Waals surface area contributed by atoms with Gasteiger partial charge in [-0.05, 0) is 86.9 Å². The number of rotatable bonds is 10. The average molecular weight is 585 g/mol. The fourth-order valence-electron chi connectivity index (χ4n) is 6.01. The molecule has 0 saturated heterocycles. The van der Waals surface area contributed by atoms with Crippen LogP contribution in [0.15, 0.2) is 90.0 Å². The number of amides is 1. The van der Waals surface area contributed by atoms with Gasteiger partial charge in [0.15, 0.2) is 0 Å². The molecule has 0 fully saturated rings. The maximum absolute atomic E-state index is 14.1. The summed E-state index contributed by atoms with van der Waals surface area (Å²) in [5.41, 5.74) is 4.88. The molecule has 1 aromatic heterocycles. The first-order valence-electron chi connectivity index (χ1n) is 14.7. The lowest BCUT2D eigenvalue weighted by molar-refractivity contribution is -0.119. The summed E-state index contributed by atoms with van der Waals surface area (Å²) in [7, 11) is -3.70. The highest BCUT2D eigenvalue weighted by Crippen LogP contribution is 2.35. The van der Waals surface area contributed by atoms with Crippen LogP contribution in [-0.4, -0.2) is 23.9 Å². The number of benzene rings is 3. The van der Waals surface area contributed by atoms with Crippen LogP contribution in [0.2, 0.25) is 0 Å². The monoisotopic (exact) mass is 584 g/mol. The zero-order valence-corrected chi connectivity index (χ0v) is 25.6. The number of fused-ring (bicyclic) bond motifs is 1. The van der Waals surface area contributed by atoms with Crippen molar-refractivity contribution in [3.8, 4) is 0 Å². The van der Waals surface area contributed by atoms with Crippen molar-refractivity contribution in [2.24, 2.45) is 0 Å². The molecule has 1 aliphatic rings. The molecule has 5 rings (SSSR count). The Labute approximate surface area is 249 Å². The summed E-state index contributed by atoms with van der Waals surface area (Å²) in [5.74, 6) is 0.963. The van der Waals surface area contributed by atoms with E-state index in [-0.39, 0.29) is 28.8 Å². The Bertz CT molecular complexity index is 1630. The fourth-order valence-corrected chi connectivity index (χ4v) is 7.28. The van der Waals surface area contributed by atoms with Gasteiger partial charge in [0.1, 0.15) is 5.82 Å². The van der Waals surface area contributed by atoms with Crippen LogP contribution in [-0.2, 0) is 27.8 Å². The van der Waals surface area contributed by atoms with Gasteiger partial charge < -0.3 is 9.47 Å². The Hall–Kier alpha value is -3.75. The lowest BCUT2D eigenvalue weighted by Crippen LogP contribution is -2.34. The number of hydrogen-bond donors (Lipinski definition) is 1. The van der Waals surface area contributed by atoms with Crippen LogP contribution in [0.5, 0.6) is 0 Å². The summed E-state index contributed by atoms with van der Waals surface area (Å²) >= 11 is 0. The van der Waals surface area contributed by atoms with Crippen molar-refractivity contribution >= 4 is 21.6 Å². The van der Waals surface area contributed by atoms with Gasteiger partial charge in [-0.2, -0.15) is 0 Å². The molecule has 0 saturated carbocycles. The molecule has 0 spiro atoms. The van der Waals surface area contributed by atoms with Gasteiger partial charge in [0.05, 0.1) is 23.3 Å². The molecule has 7 nitrogen and oxygen atoms in total. The highest BCUT2D eigenvalue weighted by atomic mass is 32.2. The van der Waals surface area contributed by atoms with E-state index in [0.29, 0.717) is 19.4 Å². The zero-order valence-electron chi connectivity index (χ0n) is 24.8. The summed E-state index contributed by atoms with van der Waals surface area (Å²) in [5, 5.41) is 0. The second-order valence-electron chi connectivity index (χ2n) is 11.5. The van der Waals surface area contributed by atoms with Crippen molar-refractivity contribution in [3.63, 3.8) is 0 Å². The predicted molar refractivity (Wildman–Crippen MR) is 167 cm³/mol. The molecule has 1 amide bonds. The molecule has 2 atom stereocenters. The van der Waals surface area contributed by atoms with E-state index >= 15 is 0 Å². The summed E-state index contributed by atoms with van der Waals surface area (Å²) in [6, 6.07) is 24.5. The topological polar surface area (TPSA) is 84.3 Å². The SMILES string of the molecule is Cc1ncc(CN(C(=O)C[C@@H](C)c2ccccc2)c2ccc3c(c2)[C@@H](NS(=O)(=O)c2ccccc2)CCC3)n1C(C)C. The molecule has 0 bridgehead atoms. The second kappa shape index (κ2) is 12.6. The molecule has 0 aliphatic heterocycles. The highest BCUT2D eigenvalue weighted by Gasteiger charge is 2.28. The molecule has 0 radical (unpaired) electrons. The molecule has 3 aromatic carbocycles. The largest absolute Gasteiger partial charge is 0.328 e. The smallest absolute Gasteiger partial charge is 0.241 e. The van der Waals surface area contributed by atoms with Crippen LogP contribution in [0, 0.1) is 6.92 Å². The number of anilines is 1. The number of carbonyl (C=O) groups excluding carboxylic acids is 1. The molecular formula is C34H40N4O3S. The van der Waals surface area contributed by atoms with Gasteiger partial charge in [0.25, 0.3) is 0 Å². The number of nitrogens with zero attached hydrogens (tertiary/aromatic N) is 3. The Balaban J connectivity index is 1.50. The molecule has 1 heterocycles. The summed E-state index contributed by atoms with van der Waals surface area (Å²) in [6.07, 6.45) is 4.65.